The number of carbonyl (C=O) groups is 5. The Bertz CT molecular complexity index is 1730. The molecule has 9 atom stereocenters. The van der Waals surface area contributed by atoms with Crippen LogP contribution in [0.25, 0.3) is 6.08 Å². The van der Waals surface area contributed by atoms with Crippen molar-refractivity contribution < 1.29 is 43.7 Å². The summed E-state index contributed by atoms with van der Waals surface area (Å²) < 4.78 is 11.5. The van der Waals surface area contributed by atoms with Crippen LogP contribution in [0.4, 0.5) is 0 Å². The van der Waals surface area contributed by atoms with Gasteiger partial charge in [-0.25, -0.2) is 4.79 Å². The SMILES string of the molecule is CC(=O)OC(C)(C)/C=C/C(=O)[C@](C)(O)[C@H]1[C@H](OC(=O)/C=C/c2ccc(C)cc2)C[C@@]2(C)[C@@H]3CC=C4[C@@H](C[C@H](O)C(=O)C4(C)C)[C@]3(C)C(=O)C[C@]12C. The number of hydrogen-bond donors (Lipinski definition) is 2. The molecule has 2 N–H and O–H groups in total. The van der Waals surface area contributed by atoms with E-state index >= 15 is 0 Å². The highest BCUT2D eigenvalue weighted by atomic mass is 16.6. The highest BCUT2D eigenvalue weighted by Crippen LogP contribution is 2.74. The Morgan fingerprint density at radius 1 is 0.961 bits per heavy atom. The fraction of sp³-hybridized carbons (Fsp3) is 0.595. The first-order valence-electron chi connectivity index (χ1n) is 18.0. The van der Waals surface area contributed by atoms with Gasteiger partial charge in [0, 0.05) is 36.2 Å². The van der Waals surface area contributed by atoms with Gasteiger partial charge < -0.3 is 19.7 Å². The second-order valence-corrected chi connectivity index (χ2v) is 17.4. The number of fused-ring (bicyclic) bond motifs is 5. The Morgan fingerprint density at radius 3 is 2.20 bits per heavy atom. The third-order valence-corrected chi connectivity index (χ3v) is 13.3. The van der Waals surface area contributed by atoms with Gasteiger partial charge in [-0.15, -0.1) is 0 Å². The van der Waals surface area contributed by atoms with Crippen LogP contribution in [-0.2, 0) is 33.4 Å². The maximum Gasteiger partial charge on any atom is 0.331 e. The Labute approximate surface area is 301 Å². The fourth-order valence-corrected chi connectivity index (χ4v) is 10.5. The summed E-state index contributed by atoms with van der Waals surface area (Å²) in [5.74, 6) is -3.82. The predicted molar refractivity (Wildman–Crippen MR) is 192 cm³/mol. The molecule has 3 fully saturated rings. The van der Waals surface area contributed by atoms with Gasteiger partial charge in [-0.3, -0.25) is 19.2 Å². The number of rotatable bonds is 8. The Morgan fingerprint density at radius 2 is 1.59 bits per heavy atom. The number of hydrogen-bond acceptors (Lipinski definition) is 9. The maximum absolute atomic E-state index is 14.8. The summed E-state index contributed by atoms with van der Waals surface area (Å²) >= 11 is 0. The number of benzene rings is 1. The lowest BCUT2D eigenvalue weighted by Gasteiger charge is -2.64. The topological polar surface area (TPSA) is 144 Å². The molecular weight excluding hydrogens is 648 g/mol. The quantitative estimate of drug-likeness (QED) is 0.187. The minimum atomic E-state index is -2.10. The zero-order valence-corrected chi connectivity index (χ0v) is 31.7. The van der Waals surface area contributed by atoms with Gasteiger partial charge in [-0.05, 0) is 107 Å². The number of ether oxygens (including phenoxy) is 2. The van der Waals surface area contributed by atoms with Gasteiger partial charge in [0.15, 0.2) is 11.6 Å². The molecule has 0 radical (unpaired) electrons. The van der Waals surface area contributed by atoms with Crippen molar-refractivity contribution in [3.8, 4) is 0 Å². The minimum absolute atomic E-state index is 0.00520. The average Bonchev–Trinajstić information content (AvgIpc) is 3.24. The van der Waals surface area contributed by atoms with Crippen LogP contribution in [-0.4, -0.2) is 62.9 Å². The van der Waals surface area contributed by atoms with Crippen molar-refractivity contribution >= 4 is 35.4 Å². The van der Waals surface area contributed by atoms with Crippen molar-refractivity contribution in [1.82, 2.24) is 0 Å². The van der Waals surface area contributed by atoms with E-state index in [1.165, 1.54) is 32.1 Å². The summed E-state index contributed by atoms with van der Waals surface area (Å²) in [7, 11) is 0. The minimum Gasteiger partial charge on any atom is -0.459 e. The van der Waals surface area contributed by atoms with Gasteiger partial charge in [0.25, 0.3) is 0 Å². The van der Waals surface area contributed by atoms with Gasteiger partial charge in [0.2, 0.25) is 0 Å². The summed E-state index contributed by atoms with van der Waals surface area (Å²) in [6.45, 7) is 17.4. The molecule has 3 saturated carbocycles. The van der Waals surface area contributed by atoms with Gasteiger partial charge >= 0.3 is 11.9 Å². The third kappa shape index (κ3) is 6.28. The Hall–Kier alpha value is -3.69. The number of ketones is 3. The molecule has 51 heavy (non-hydrogen) atoms. The normalized spacial score (nSPS) is 35.8. The van der Waals surface area contributed by atoms with Crippen molar-refractivity contribution in [2.75, 3.05) is 0 Å². The number of allylic oxidation sites excluding steroid dienone is 2. The summed E-state index contributed by atoms with van der Waals surface area (Å²) in [5.41, 5.74) is -4.09. The van der Waals surface area contributed by atoms with Crippen LogP contribution in [0, 0.1) is 46.3 Å². The molecule has 0 amide bonds. The summed E-state index contributed by atoms with van der Waals surface area (Å²) in [4.78, 5) is 67.1. The van der Waals surface area contributed by atoms with E-state index in [1.807, 2.05) is 58.9 Å². The summed E-state index contributed by atoms with van der Waals surface area (Å²) in [6, 6.07) is 7.64. The van der Waals surface area contributed by atoms with Gasteiger partial charge in [-0.2, -0.15) is 0 Å². The molecule has 0 aromatic heterocycles. The first-order chi connectivity index (χ1) is 23.4. The monoisotopic (exact) mass is 702 g/mol. The predicted octanol–water partition coefficient (Wildman–Crippen LogP) is 6.07. The molecule has 0 unspecified atom stereocenters. The van der Waals surface area contributed by atoms with Crippen LogP contribution in [0.3, 0.4) is 0 Å². The Balaban J connectivity index is 1.58. The number of carbonyl (C=O) groups excluding carboxylic acids is 5. The van der Waals surface area contributed by atoms with Gasteiger partial charge in [-0.1, -0.05) is 62.2 Å². The van der Waals surface area contributed by atoms with E-state index < -0.39 is 68.7 Å². The van der Waals surface area contributed by atoms with Crippen LogP contribution in [0.15, 0.2) is 54.1 Å². The zero-order chi connectivity index (χ0) is 38.1. The highest BCUT2D eigenvalue weighted by Gasteiger charge is 2.75. The molecule has 9 heteroatoms. The molecule has 1 aromatic carbocycles. The summed E-state index contributed by atoms with van der Waals surface area (Å²) in [6.07, 6.45) is 6.41. The number of esters is 2. The lowest BCUT2D eigenvalue weighted by atomic mass is 9.38. The second kappa shape index (κ2) is 12.8. The lowest BCUT2D eigenvalue weighted by molar-refractivity contribution is -0.185. The van der Waals surface area contributed by atoms with Crippen LogP contribution < -0.4 is 0 Å². The smallest absolute Gasteiger partial charge is 0.331 e. The van der Waals surface area contributed by atoms with E-state index in [-0.39, 0.29) is 42.7 Å². The molecule has 0 bridgehead atoms. The molecule has 4 aliphatic rings. The molecule has 0 saturated heterocycles. The molecule has 0 aliphatic heterocycles. The zero-order valence-electron chi connectivity index (χ0n) is 31.7. The van der Waals surface area contributed by atoms with Crippen molar-refractivity contribution in [1.29, 1.82) is 0 Å². The largest absolute Gasteiger partial charge is 0.459 e. The van der Waals surface area contributed by atoms with E-state index in [4.69, 9.17) is 9.47 Å². The molecular formula is C42H54O9. The van der Waals surface area contributed by atoms with E-state index in [0.717, 1.165) is 16.7 Å². The van der Waals surface area contributed by atoms with Gasteiger partial charge in [0.1, 0.15) is 29.2 Å². The first-order valence-corrected chi connectivity index (χ1v) is 18.0. The van der Waals surface area contributed by atoms with Crippen molar-refractivity contribution in [2.24, 2.45) is 39.4 Å². The van der Waals surface area contributed by atoms with Crippen LogP contribution in [0.5, 0.6) is 0 Å². The second-order valence-electron chi connectivity index (χ2n) is 17.4. The van der Waals surface area contributed by atoms with Gasteiger partial charge in [0.05, 0.1) is 0 Å². The molecule has 5 rings (SSSR count). The maximum atomic E-state index is 14.8. The molecule has 0 heterocycles. The molecule has 0 spiro atoms. The van der Waals surface area contributed by atoms with Crippen LogP contribution in [0.1, 0.15) is 99.1 Å². The highest BCUT2D eigenvalue weighted by molar-refractivity contribution is 5.98. The van der Waals surface area contributed by atoms with Crippen molar-refractivity contribution in [2.45, 2.75) is 118 Å². The lowest BCUT2D eigenvalue weighted by Crippen LogP contribution is -2.65. The van der Waals surface area contributed by atoms with E-state index in [9.17, 15) is 34.2 Å². The number of aliphatic hydroxyl groups is 2. The number of Topliss-reactive ketones (excluding diaryl/α,β-unsaturated/α-hetero) is 2. The number of aliphatic hydroxyl groups excluding tert-OH is 1. The third-order valence-electron chi connectivity index (χ3n) is 13.3. The fourth-order valence-electron chi connectivity index (χ4n) is 10.5. The van der Waals surface area contributed by atoms with Crippen LogP contribution >= 0.6 is 0 Å². The molecule has 276 valence electrons. The first kappa shape index (κ1) is 38.5. The van der Waals surface area contributed by atoms with E-state index in [1.54, 1.807) is 19.9 Å². The standard InChI is InChI=1S/C42H54O9/c1-24-11-13-26(14-12-24)15-18-34(47)50-30-22-39(7)31-17-16-27-28(21-29(44)36(48)38(27,5)6)41(31,9)33(46)23-40(39,8)35(30)42(10,49)32(45)19-20-37(3,4)51-25(2)43/h11-16,18-20,28-31,35,44,49H,17,21-23H2,1-10H3/b18-15+,20-19+/t28-,29+,30-,31+,35+,39+,40-,41+,42+/m1/s1. The van der Waals surface area contributed by atoms with E-state index in [0.29, 0.717) is 6.42 Å². The molecule has 1 aromatic rings. The summed E-state index contributed by atoms with van der Waals surface area (Å²) in [5, 5.41) is 23.3. The molecule has 4 aliphatic carbocycles. The Kier molecular flexibility index (Phi) is 9.64. The van der Waals surface area contributed by atoms with E-state index in [2.05, 4.69) is 13.0 Å². The molecule has 9 nitrogen and oxygen atoms in total. The van der Waals surface area contributed by atoms with Crippen LogP contribution in [0.2, 0.25) is 0 Å². The average molecular weight is 703 g/mol. The van der Waals surface area contributed by atoms with Crippen molar-refractivity contribution in [3.63, 3.8) is 0 Å². The number of aryl methyl sites for hydroxylation is 1. The van der Waals surface area contributed by atoms with Crippen molar-refractivity contribution in [3.05, 3.63) is 65.3 Å².